The van der Waals surface area contributed by atoms with E-state index in [0.717, 1.165) is 41.4 Å². The van der Waals surface area contributed by atoms with Gasteiger partial charge in [0.15, 0.2) is 0 Å². The lowest BCUT2D eigenvalue weighted by atomic mass is 9.90. The van der Waals surface area contributed by atoms with Crippen molar-refractivity contribution in [2.24, 2.45) is 5.92 Å². The highest BCUT2D eigenvalue weighted by atomic mass is 19.1. The summed E-state index contributed by atoms with van der Waals surface area (Å²) in [6.07, 6.45) is 4.12. The predicted octanol–water partition coefficient (Wildman–Crippen LogP) is 4.71. The molecule has 2 N–H and O–H groups in total. The van der Waals surface area contributed by atoms with E-state index in [2.05, 4.69) is 18.3 Å². The number of anilines is 1. The average Bonchev–Trinajstić information content (AvgIpc) is 2.85. The SMILES string of the molecule is CC1CCCNC1CN(C)c1c(F)cc2c(=O)c(C(=O)O)cn3c2c1Cc1cc2ccccc2cc1-3. The average molecular weight is 486 g/mol. The third-order valence-corrected chi connectivity index (χ3v) is 7.90. The zero-order valence-electron chi connectivity index (χ0n) is 20.3. The molecule has 2 unspecified atom stereocenters. The molecule has 4 aromatic rings. The summed E-state index contributed by atoms with van der Waals surface area (Å²) in [5.74, 6) is -1.34. The van der Waals surface area contributed by atoms with Gasteiger partial charge in [-0.25, -0.2) is 9.18 Å². The largest absolute Gasteiger partial charge is 0.477 e. The number of likely N-dealkylation sites (N-methyl/N-ethyl adjacent to an activating group) is 1. The molecule has 0 amide bonds. The fourth-order valence-corrected chi connectivity index (χ4v) is 6.03. The number of carbonyl (C=O) groups is 1. The molecule has 2 atom stereocenters. The lowest BCUT2D eigenvalue weighted by molar-refractivity contribution is 0.0695. The summed E-state index contributed by atoms with van der Waals surface area (Å²) >= 11 is 0. The van der Waals surface area contributed by atoms with Gasteiger partial charge in [0.05, 0.1) is 16.6 Å². The number of aromatic nitrogens is 1. The molecule has 3 heterocycles. The van der Waals surface area contributed by atoms with Gasteiger partial charge in [-0.3, -0.25) is 4.79 Å². The molecule has 0 aliphatic carbocycles. The Labute approximate surface area is 208 Å². The molecular weight excluding hydrogens is 457 g/mol. The highest BCUT2D eigenvalue weighted by molar-refractivity contribution is 5.98. The van der Waals surface area contributed by atoms with Crippen molar-refractivity contribution in [1.82, 2.24) is 9.88 Å². The van der Waals surface area contributed by atoms with Crippen molar-refractivity contribution in [3.05, 3.63) is 81.4 Å². The van der Waals surface area contributed by atoms with Crippen molar-refractivity contribution in [2.75, 3.05) is 25.0 Å². The summed E-state index contributed by atoms with van der Waals surface area (Å²) in [5.41, 5.74) is 2.53. The first kappa shape index (κ1) is 22.7. The molecule has 7 heteroatoms. The maximum absolute atomic E-state index is 15.8. The lowest BCUT2D eigenvalue weighted by Crippen LogP contribution is -2.47. The fourth-order valence-electron chi connectivity index (χ4n) is 6.03. The molecule has 0 spiro atoms. The molecule has 1 saturated heterocycles. The number of carboxylic acid groups (broad SMARTS) is 1. The Kier molecular flexibility index (Phi) is 5.34. The van der Waals surface area contributed by atoms with E-state index in [0.29, 0.717) is 35.7 Å². The van der Waals surface area contributed by atoms with E-state index in [-0.39, 0.29) is 17.0 Å². The van der Waals surface area contributed by atoms with Gasteiger partial charge in [0.25, 0.3) is 0 Å². The molecule has 2 aliphatic heterocycles. The van der Waals surface area contributed by atoms with Crippen LogP contribution >= 0.6 is 0 Å². The van der Waals surface area contributed by atoms with Gasteiger partial charge in [-0.05, 0) is 59.8 Å². The number of halogens is 1. The molecule has 1 fully saturated rings. The van der Waals surface area contributed by atoms with Crippen LogP contribution in [-0.4, -0.2) is 41.8 Å². The van der Waals surface area contributed by atoms with Crippen LogP contribution in [0.3, 0.4) is 0 Å². The first-order valence-corrected chi connectivity index (χ1v) is 12.4. The van der Waals surface area contributed by atoms with Crippen LogP contribution in [0, 0.1) is 11.7 Å². The molecule has 3 aromatic carbocycles. The van der Waals surface area contributed by atoms with E-state index < -0.39 is 17.2 Å². The maximum Gasteiger partial charge on any atom is 0.341 e. The van der Waals surface area contributed by atoms with Gasteiger partial charge < -0.3 is 19.9 Å². The second kappa shape index (κ2) is 8.45. The Morgan fingerprint density at radius 2 is 1.97 bits per heavy atom. The van der Waals surface area contributed by atoms with Crippen molar-refractivity contribution in [3.63, 3.8) is 0 Å². The summed E-state index contributed by atoms with van der Waals surface area (Å²) in [6.45, 7) is 3.81. The second-order valence-electron chi connectivity index (χ2n) is 10.2. The molecule has 6 nitrogen and oxygen atoms in total. The van der Waals surface area contributed by atoms with Crippen LogP contribution in [0.5, 0.6) is 0 Å². The van der Waals surface area contributed by atoms with Crippen molar-refractivity contribution in [1.29, 1.82) is 0 Å². The van der Waals surface area contributed by atoms with Gasteiger partial charge >= 0.3 is 5.97 Å². The normalized spacial score (nSPS) is 18.9. The maximum atomic E-state index is 15.8. The summed E-state index contributed by atoms with van der Waals surface area (Å²) in [4.78, 5) is 27.1. The summed E-state index contributed by atoms with van der Waals surface area (Å²) < 4.78 is 17.6. The molecule has 0 saturated carbocycles. The number of fused-ring (bicyclic) bond motifs is 3. The van der Waals surface area contributed by atoms with Crippen molar-refractivity contribution >= 4 is 33.3 Å². The van der Waals surface area contributed by atoms with Gasteiger partial charge in [0, 0.05) is 43.5 Å². The predicted molar refractivity (Wildman–Crippen MR) is 140 cm³/mol. The van der Waals surface area contributed by atoms with E-state index in [9.17, 15) is 14.7 Å². The number of rotatable bonds is 4. The number of aromatic carboxylic acids is 1. The zero-order valence-corrected chi connectivity index (χ0v) is 20.3. The van der Waals surface area contributed by atoms with Gasteiger partial charge in [0.2, 0.25) is 5.43 Å². The molecule has 36 heavy (non-hydrogen) atoms. The molecule has 0 bridgehead atoms. The monoisotopic (exact) mass is 485 g/mol. The van der Waals surface area contributed by atoms with Gasteiger partial charge in [-0.15, -0.1) is 0 Å². The molecule has 184 valence electrons. The minimum atomic E-state index is -1.32. The number of nitrogens with zero attached hydrogens (tertiary/aromatic N) is 2. The quantitative estimate of drug-likeness (QED) is 0.386. The zero-order chi connectivity index (χ0) is 25.1. The van der Waals surface area contributed by atoms with Gasteiger partial charge in [-0.1, -0.05) is 31.2 Å². The Morgan fingerprint density at radius 1 is 1.22 bits per heavy atom. The summed E-state index contributed by atoms with van der Waals surface area (Å²) in [5, 5.41) is 15.5. The smallest absolute Gasteiger partial charge is 0.341 e. The lowest BCUT2D eigenvalue weighted by Gasteiger charge is -2.36. The van der Waals surface area contributed by atoms with Crippen molar-refractivity contribution < 1.29 is 14.3 Å². The van der Waals surface area contributed by atoms with Crippen molar-refractivity contribution in [2.45, 2.75) is 32.2 Å². The molecule has 2 aliphatic rings. The van der Waals surface area contributed by atoms with E-state index >= 15 is 4.39 Å². The number of benzene rings is 3. The topological polar surface area (TPSA) is 74.6 Å². The van der Waals surface area contributed by atoms with E-state index in [1.54, 1.807) is 4.57 Å². The third kappa shape index (κ3) is 3.49. The van der Waals surface area contributed by atoms with Gasteiger partial charge in [-0.2, -0.15) is 0 Å². The first-order chi connectivity index (χ1) is 17.3. The summed E-state index contributed by atoms with van der Waals surface area (Å²) in [6, 6.07) is 13.5. The Bertz CT molecular complexity index is 1610. The first-order valence-electron chi connectivity index (χ1n) is 12.4. The van der Waals surface area contributed by atoms with Crippen LogP contribution < -0.4 is 15.6 Å². The van der Waals surface area contributed by atoms with Crippen LogP contribution in [0.1, 0.15) is 41.3 Å². The van der Waals surface area contributed by atoms with Crippen LogP contribution in [0.2, 0.25) is 0 Å². The Morgan fingerprint density at radius 3 is 2.69 bits per heavy atom. The van der Waals surface area contributed by atoms with E-state index in [1.165, 1.54) is 12.3 Å². The number of piperidine rings is 1. The van der Waals surface area contributed by atoms with Gasteiger partial charge in [0.1, 0.15) is 11.4 Å². The summed E-state index contributed by atoms with van der Waals surface area (Å²) in [7, 11) is 1.90. The van der Waals surface area contributed by atoms with Crippen LogP contribution in [-0.2, 0) is 6.42 Å². The molecule has 6 rings (SSSR count). The third-order valence-electron chi connectivity index (χ3n) is 7.90. The van der Waals surface area contributed by atoms with Crippen molar-refractivity contribution in [3.8, 4) is 5.69 Å². The standard InChI is InChI=1S/C29H28FN3O3/c1-16-6-5-9-31-24(16)15-32(2)27-20-11-19-10-17-7-3-4-8-18(17)12-25(19)33-14-22(29(35)36)28(34)21(26(20)33)13-23(27)30/h3-4,7-8,10,12-14,16,24,31H,5-6,9,11,15H2,1-2H3,(H,35,36). The number of carboxylic acids is 1. The minimum absolute atomic E-state index is 0.0996. The fraction of sp³-hybridized carbons (Fsp3) is 0.310. The number of pyridine rings is 1. The highest BCUT2D eigenvalue weighted by Crippen LogP contribution is 2.40. The Balaban J connectivity index is 1.61. The number of hydrogen-bond donors (Lipinski definition) is 2. The van der Waals surface area contributed by atoms with E-state index in [4.69, 9.17) is 0 Å². The number of hydrogen-bond acceptors (Lipinski definition) is 4. The highest BCUT2D eigenvalue weighted by Gasteiger charge is 2.30. The van der Waals surface area contributed by atoms with Crippen LogP contribution in [0.4, 0.5) is 10.1 Å². The van der Waals surface area contributed by atoms with Crippen LogP contribution in [0.25, 0.3) is 27.4 Å². The molecule has 0 radical (unpaired) electrons. The minimum Gasteiger partial charge on any atom is -0.477 e. The Hall–Kier alpha value is -3.71. The molecular formula is C29H28FN3O3. The second-order valence-corrected chi connectivity index (χ2v) is 10.2. The number of nitrogens with one attached hydrogen (secondary N) is 1. The van der Waals surface area contributed by atoms with E-state index in [1.807, 2.05) is 42.3 Å². The van der Waals surface area contributed by atoms with Crippen LogP contribution in [0.15, 0.2) is 53.5 Å². The molecule has 1 aromatic heterocycles.